The highest BCUT2D eigenvalue weighted by Gasteiger charge is 2.37. The summed E-state index contributed by atoms with van der Waals surface area (Å²) in [4.78, 5) is 0. The molecule has 2 unspecified atom stereocenters. The molecule has 108 valence electrons. The van der Waals surface area contributed by atoms with E-state index >= 15 is 0 Å². The third-order valence-corrected chi connectivity index (χ3v) is 5.31. The zero-order valence-electron chi connectivity index (χ0n) is 13.5. The topological polar surface area (TPSA) is 18.5 Å². The Bertz CT molecular complexity index is 242. The average molecular weight is 256 g/mol. The van der Waals surface area contributed by atoms with Crippen LogP contribution in [-0.4, -0.2) is 25.4 Å². The molecule has 2 heteroatoms. The van der Waals surface area contributed by atoms with Crippen molar-refractivity contribution in [1.29, 1.82) is 0 Å². The lowest BCUT2D eigenvalue weighted by atomic mass is 9.81. The quantitative estimate of drug-likeness (QED) is 0.648. The van der Waals surface area contributed by atoms with Gasteiger partial charge in [0.1, 0.15) is 0 Å². The van der Waals surface area contributed by atoms with Crippen molar-refractivity contribution in [3.63, 3.8) is 0 Å². The molecule has 2 heterocycles. The average Bonchev–Trinajstić information content (AvgIpc) is 2.65. The second kappa shape index (κ2) is 5.50. The van der Waals surface area contributed by atoms with E-state index in [1.54, 1.807) is 0 Å². The zero-order chi connectivity index (χ0) is 14.1. The van der Waals surface area contributed by atoms with Crippen molar-refractivity contribution in [2.24, 2.45) is 22.7 Å². The summed E-state index contributed by atoms with van der Waals surface area (Å²) < 4.78 is 11.0. The predicted octanol–water partition coefficient (Wildman–Crippen LogP) is 4.13. The number of ether oxygens (including phenoxy) is 2. The maximum Gasteiger partial charge on any atom is 0.0578 e. The van der Waals surface area contributed by atoms with Gasteiger partial charge >= 0.3 is 0 Å². The van der Waals surface area contributed by atoms with Gasteiger partial charge in [0.05, 0.1) is 25.4 Å². The van der Waals surface area contributed by atoms with Crippen LogP contribution in [0.1, 0.15) is 55.4 Å². The van der Waals surface area contributed by atoms with E-state index in [0.717, 1.165) is 13.2 Å². The van der Waals surface area contributed by atoms with Gasteiger partial charge in [-0.25, -0.2) is 0 Å². The summed E-state index contributed by atoms with van der Waals surface area (Å²) in [6, 6.07) is 0. The molecule has 2 rings (SSSR count). The third kappa shape index (κ3) is 3.48. The van der Waals surface area contributed by atoms with Crippen molar-refractivity contribution in [2.45, 2.75) is 67.6 Å². The van der Waals surface area contributed by atoms with Crippen molar-refractivity contribution in [3.8, 4) is 0 Å². The number of hydrogen-bond acceptors (Lipinski definition) is 2. The first kappa shape index (κ1) is 16.0. The molecular weight excluding hydrogens is 224 g/mol. The molecule has 2 aliphatic heterocycles. The van der Waals surface area contributed by atoms with Crippen molar-refractivity contribution < 1.29 is 9.47 Å². The molecule has 2 nitrogen and oxygen atoms in total. The van der Waals surface area contributed by atoms with Gasteiger partial charge < -0.3 is 9.47 Å². The minimum absolute atomic E-state index is 0.402. The third-order valence-electron chi connectivity index (χ3n) is 5.31. The lowest BCUT2D eigenvalue weighted by Gasteiger charge is -2.21. The lowest BCUT2D eigenvalue weighted by molar-refractivity contribution is 0.105. The summed E-state index contributed by atoms with van der Waals surface area (Å²) in [6.45, 7) is 19.7. The summed E-state index contributed by atoms with van der Waals surface area (Å²) in [5.41, 5.74) is 0.804. The molecule has 0 bridgehead atoms. The highest BCUT2D eigenvalue weighted by atomic mass is 16.5. The molecule has 0 aromatic rings. The Balaban J connectivity index is 0.000000180. The van der Waals surface area contributed by atoms with Gasteiger partial charge in [-0.05, 0) is 36.5 Å². The second-order valence-corrected chi connectivity index (χ2v) is 7.59. The van der Waals surface area contributed by atoms with E-state index in [2.05, 4.69) is 55.4 Å². The van der Waals surface area contributed by atoms with Crippen LogP contribution in [0.15, 0.2) is 0 Å². The second-order valence-electron chi connectivity index (χ2n) is 7.59. The Morgan fingerprint density at radius 1 is 0.667 bits per heavy atom. The number of hydrogen-bond donors (Lipinski definition) is 0. The largest absolute Gasteiger partial charge is 0.378 e. The first-order valence-corrected chi connectivity index (χ1v) is 7.31. The molecule has 0 aliphatic carbocycles. The van der Waals surface area contributed by atoms with E-state index in [9.17, 15) is 0 Å². The van der Waals surface area contributed by atoms with E-state index in [0.29, 0.717) is 34.9 Å². The smallest absolute Gasteiger partial charge is 0.0578 e. The van der Waals surface area contributed by atoms with Gasteiger partial charge in [0.15, 0.2) is 0 Å². The predicted molar refractivity (Wildman–Crippen MR) is 76.7 cm³/mol. The summed E-state index contributed by atoms with van der Waals surface area (Å²) in [6.07, 6.45) is 0.917. The van der Waals surface area contributed by atoms with Crippen LogP contribution in [0.2, 0.25) is 0 Å². The van der Waals surface area contributed by atoms with E-state index in [1.807, 2.05) is 0 Å². The summed E-state index contributed by atoms with van der Waals surface area (Å²) in [7, 11) is 0. The molecule has 2 fully saturated rings. The maximum atomic E-state index is 5.48. The van der Waals surface area contributed by atoms with Gasteiger partial charge in [0.25, 0.3) is 0 Å². The van der Waals surface area contributed by atoms with E-state index < -0.39 is 0 Å². The Hall–Kier alpha value is -0.0800. The van der Waals surface area contributed by atoms with Crippen LogP contribution in [0, 0.1) is 22.7 Å². The SMILES string of the molecule is CC1[C@@H](C)OCC1(C)C.CC1[C@H](C)OCC1(C)C. The minimum Gasteiger partial charge on any atom is -0.378 e. The van der Waals surface area contributed by atoms with Gasteiger partial charge in [-0.2, -0.15) is 0 Å². The van der Waals surface area contributed by atoms with Gasteiger partial charge in [-0.1, -0.05) is 41.5 Å². The van der Waals surface area contributed by atoms with Gasteiger partial charge in [-0.15, -0.1) is 0 Å². The lowest BCUT2D eigenvalue weighted by Crippen LogP contribution is -2.21. The van der Waals surface area contributed by atoms with Crippen molar-refractivity contribution >= 4 is 0 Å². The number of rotatable bonds is 0. The molecule has 0 radical (unpaired) electrons. The highest BCUT2D eigenvalue weighted by Crippen LogP contribution is 2.37. The molecule has 2 aliphatic rings. The molecule has 0 aromatic heterocycles. The normalized spacial score (nSPS) is 41.3. The molecule has 0 spiro atoms. The van der Waals surface area contributed by atoms with Crippen LogP contribution in [-0.2, 0) is 9.47 Å². The first-order valence-electron chi connectivity index (χ1n) is 7.31. The zero-order valence-corrected chi connectivity index (χ0v) is 13.5. The molecular formula is C16H32O2. The van der Waals surface area contributed by atoms with E-state index in [1.165, 1.54) is 0 Å². The van der Waals surface area contributed by atoms with E-state index in [4.69, 9.17) is 9.47 Å². The van der Waals surface area contributed by atoms with Crippen LogP contribution in [0.25, 0.3) is 0 Å². The van der Waals surface area contributed by atoms with Crippen LogP contribution in [0.5, 0.6) is 0 Å². The standard InChI is InChI=1S/2C8H16O/c2*1-6-7(2)9-5-8(6,3)4/h2*6-7H,5H2,1-4H3/t2*6?,7-/m10/s1. The molecule has 2 saturated heterocycles. The summed E-state index contributed by atoms with van der Waals surface area (Å²) in [5.74, 6) is 1.41. The fourth-order valence-corrected chi connectivity index (χ4v) is 2.51. The molecule has 0 N–H and O–H groups in total. The fraction of sp³-hybridized carbons (Fsp3) is 1.00. The van der Waals surface area contributed by atoms with Crippen LogP contribution >= 0.6 is 0 Å². The maximum absolute atomic E-state index is 5.48. The Kier molecular flexibility index (Phi) is 4.88. The van der Waals surface area contributed by atoms with Crippen LogP contribution in [0.4, 0.5) is 0 Å². The van der Waals surface area contributed by atoms with Crippen molar-refractivity contribution in [2.75, 3.05) is 13.2 Å². The van der Waals surface area contributed by atoms with Gasteiger partial charge in [0.2, 0.25) is 0 Å². The van der Waals surface area contributed by atoms with E-state index in [-0.39, 0.29) is 0 Å². The van der Waals surface area contributed by atoms with Crippen LogP contribution in [0.3, 0.4) is 0 Å². The monoisotopic (exact) mass is 256 g/mol. The Labute approximate surface area is 113 Å². The first-order chi connectivity index (χ1) is 8.08. The van der Waals surface area contributed by atoms with Crippen molar-refractivity contribution in [3.05, 3.63) is 0 Å². The van der Waals surface area contributed by atoms with Crippen LogP contribution < -0.4 is 0 Å². The summed E-state index contributed by atoms with van der Waals surface area (Å²) >= 11 is 0. The highest BCUT2D eigenvalue weighted by molar-refractivity contribution is 4.85. The molecule has 4 atom stereocenters. The van der Waals surface area contributed by atoms with Gasteiger partial charge in [0, 0.05) is 0 Å². The molecule has 0 aromatic carbocycles. The fourth-order valence-electron chi connectivity index (χ4n) is 2.51. The van der Waals surface area contributed by atoms with Gasteiger partial charge in [-0.3, -0.25) is 0 Å². The summed E-state index contributed by atoms with van der Waals surface area (Å²) in [5, 5.41) is 0. The Morgan fingerprint density at radius 3 is 1.00 bits per heavy atom. The van der Waals surface area contributed by atoms with Crippen molar-refractivity contribution in [1.82, 2.24) is 0 Å². The minimum atomic E-state index is 0.402. The molecule has 0 saturated carbocycles. The molecule has 18 heavy (non-hydrogen) atoms. The Morgan fingerprint density at radius 2 is 0.944 bits per heavy atom. The molecule has 0 amide bonds.